The van der Waals surface area contributed by atoms with Crippen molar-refractivity contribution in [2.45, 2.75) is 32.7 Å². The molecule has 0 radical (unpaired) electrons. The van der Waals surface area contributed by atoms with Crippen molar-refractivity contribution in [3.63, 3.8) is 0 Å². The Labute approximate surface area is 129 Å². The molecular formula is C18H19N3O. The van der Waals surface area contributed by atoms with Crippen LogP contribution in [0.1, 0.15) is 30.5 Å². The number of hydrogen-bond acceptors (Lipinski definition) is 3. The van der Waals surface area contributed by atoms with Crippen LogP contribution in [0.2, 0.25) is 0 Å². The van der Waals surface area contributed by atoms with Gasteiger partial charge in [-0.25, -0.2) is 4.68 Å². The molecule has 0 fully saturated rings. The number of benzene rings is 2. The topological polar surface area (TPSA) is 47.8 Å². The van der Waals surface area contributed by atoms with E-state index in [-0.39, 0.29) is 11.8 Å². The molecule has 0 bridgehead atoms. The van der Waals surface area contributed by atoms with E-state index in [1.54, 1.807) is 4.68 Å². The summed E-state index contributed by atoms with van der Waals surface area (Å²) in [5.41, 5.74) is 4.07. The number of aryl methyl sites for hydroxylation is 1. The Kier molecular flexibility index (Phi) is 4.00. The molecule has 0 spiro atoms. The van der Waals surface area contributed by atoms with E-state index in [1.807, 2.05) is 37.3 Å². The van der Waals surface area contributed by atoms with Gasteiger partial charge in [-0.1, -0.05) is 54.1 Å². The van der Waals surface area contributed by atoms with Gasteiger partial charge in [-0.2, -0.15) is 0 Å². The average molecular weight is 293 g/mol. The first-order valence-electron chi connectivity index (χ1n) is 7.57. The molecule has 4 heteroatoms. The lowest BCUT2D eigenvalue weighted by Crippen LogP contribution is -2.22. The molecule has 112 valence electrons. The lowest BCUT2D eigenvalue weighted by molar-refractivity contribution is -0.122. The first-order valence-corrected chi connectivity index (χ1v) is 7.57. The van der Waals surface area contributed by atoms with Crippen LogP contribution in [0.15, 0.2) is 48.5 Å². The molecule has 22 heavy (non-hydrogen) atoms. The minimum Gasteiger partial charge on any atom is -0.297 e. The molecule has 0 saturated heterocycles. The van der Waals surface area contributed by atoms with E-state index in [9.17, 15) is 4.79 Å². The van der Waals surface area contributed by atoms with Crippen molar-refractivity contribution >= 4 is 16.8 Å². The first-order chi connectivity index (χ1) is 10.7. The zero-order valence-corrected chi connectivity index (χ0v) is 12.9. The second kappa shape index (κ2) is 6.10. The standard InChI is InChI=1S/C18H19N3O/c1-3-18(22)17(12-14-8-6-7-13(2)11-14)21-16-10-5-4-9-15(16)19-20-21/h4-11,17H,3,12H2,1-2H3. The van der Waals surface area contributed by atoms with Crippen LogP contribution in [0.3, 0.4) is 0 Å². The van der Waals surface area contributed by atoms with Crippen LogP contribution in [-0.2, 0) is 11.2 Å². The van der Waals surface area contributed by atoms with Gasteiger partial charge >= 0.3 is 0 Å². The molecule has 0 aliphatic heterocycles. The van der Waals surface area contributed by atoms with Crippen molar-refractivity contribution < 1.29 is 4.79 Å². The Morgan fingerprint density at radius 2 is 2.00 bits per heavy atom. The minimum absolute atomic E-state index is 0.178. The second-order valence-electron chi connectivity index (χ2n) is 5.55. The first kappa shape index (κ1) is 14.4. The quantitative estimate of drug-likeness (QED) is 0.723. The monoisotopic (exact) mass is 293 g/mol. The van der Waals surface area contributed by atoms with Crippen molar-refractivity contribution in [3.05, 3.63) is 59.7 Å². The van der Waals surface area contributed by atoms with E-state index in [1.165, 1.54) is 5.56 Å². The molecule has 0 amide bonds. The highest BCUT2D eigenvalue weighted by atomic mass is 16.1. The van der Waals surface area contributed by atoms with Crippen LogP contribution < -0.4 is 0 Å². The normalized spacial score (nSPS) is 12.5. The summed E-state index contributed by atoms with van der Waals surface area (Å²) >= 11 is 0. The Hall–Kier alpha value is -2.49. The largest absolute Gasteiger partial charge is 0.297 e. The highest BCUT2D eigenvalue weighted by Crippen LogP contribution is 2.21. The maximum atomic E-state index is 12.5. The summed E-state index contributed by atoms with van der Waals surface area (Å²) in [6, 6.07) is 15.7. The van der Waals surface area contributed by atoms with Gasteiger partial charge in [-0.05, 0) is 24.6 Å². The van der Waals surface area contributed by atoms with Crippen molar-refractivity contribution in [2.75, 3.05) is 0 Å². The van der Waals surface area contributed by atoms with Crippen molar-refractivity contribution in [1.29, 1.82) is 0 Å². The molecule has 0 saturated carbocycles. The maximum absolute atomic E-state index is 12.5. The van der Waals surface area contributed by atoms with Gasteiger partial charge in [0, 0.05) is 12.8 Å². The fraction of sp³-hybridized carbons (Fsp3) is 0.278. The van der Waals surface area contributed by atoms with E-state index in [0.29, 0.717) is 12.8 Å². The number of Topliss-reactive ketones (excluding diaryl/α,β-unsaturated/α-hetero) is 1. The maximum Gasteiger partial charge on any atom is 0.157 e. The van der Waals surface area contributed by atoms with Crippen LogP contribution in [0.4, 0.5) is 0 Å². The highest BCUT2D eigenvalue weighted by molar-refractivity contribution is 5.85. The smallest absolute Gasteiger partial charge is 0.157 e. The molecule has 2 aromatic carbocycles. The Balaban J connectivity index is 2.01. The Bertz CT molecular complexity index is 807. The number of carbonyl (C=O) groups is 1. The molecule has 3 rings (SSSR count). The molecule has 0 N–H and O–H groups in total. The highest BCUT2D eigenvalue weighted by Gasteiger charge is 2.22. The van der Waals surface area contributed by atoms with Crippen LogP contribution in [0, 0.1) is 6.92 Å². The number of carbonyl (C=O) groups excluding carboxylic acids is 1. The molecular weight excluding hydrogens is 274 g/mol. The van der Waals surface area contributed by atoms with Gasteiger partial charge in [0.1, 0.15) is 11.6 Å². The number of aromatic nitrogens is 3. The van der Waals surface area contributed by atoms with Gasteiger partial charge in [0.2, 0.25) is 0 Å². The number of hydrogen-bond donors (Lipinski definition) is 0. The summed E-state index contributed by atoms with van der Waals surface area (Å²) in [7, 11) is 0. The van der Waals surface area contributed by atoms with Crippen molar-refractivity contribution in [3.8, 4) is 0 Å². The molecule has 1 heterocycles. The van der Waals surface area contributed by atoms with Crippen LogP contribution in [-0.4, -0.2) is 20.8 Å². The molecule has 0 aliphatic carbocycles. The molecule has 1 atom stereocenters. The van der Waals surface area contributed by atoms with E-state index in [4.69, 9.17) is 0 Å². The summed E-state index contributed by atoms with van der Waals surface area (Å²) in [5, 5.41) is 8.41. The number of nitrogens with zero attached hydrogens (tertiary/aromatic N) is 3. The van der Waals surface area contributed by atoms with Crippen LogP contribution in [0.5, 0.6) is 0 Å². The summed E-state index contributed by atoms with van der Waals surface area (Å²) in [5.74, 6) is 0.178. The van der Waals surface area contributed by atoms with E-state index >= 15 is 0 Å². The second-order valence-corrected chi connectivity index (χ2v) is 5.55. The Morgan fingerprint density at radius 1 is 1.18 bits per heavy atom. The molecule has 3 aromatic rings. The van der Waals surface area contributed by atoms with Gasteiger partial charge in [0.05, 0.1) is 5.52 Å². The number of rotatable bonds is 5. The van der Waals surface area contributed by atoms with E-state index in [0.717, 1.165) is 16.6 Å². The van der Waals surface area contributed by atoms with Crippen molar-refractivity contribution in [2.24, 2.45) is 0 Å². The zero-order chi connectivity index (χ0) is 15.5. The predicted octanol–water partition coefficient (Wildman–Crippen LogP) is 3.50. The number of ketones is 1. The lowest BCUT2D eigenvalue weighted by atomic mass is 9.99. The SMILES string of the molecule is CCC(=O)C(Cc1cccc(C)c1)n1nnc2ccccc21. The average Bonchev–Trinajstić information content (AvgIpc) is 2.96. The van der Waals surface area contributed by atoms with Crippen LogP contribution >= 0.6 is 0 Å². The fourth-order valence-electron chi connectivity index (χ4n) is 2.75. The minimum atomic E-state index is -0.306. The molecule has 0 aliphatic rings. The summed E-state index contributed by atoms with van der Waals surface area (Å²) in [4.78, 5) is 12.5. The molecule has 4 nitrogen and oxygen atoms in total. The Morgan fingerprint density at radius 3 is 2.77 bits per heavy atom. The number of fused-ring (bicyclic) bond motifs is 1. The fourth-order valence-corrected chi connectivity index (χ4v) is 2.75. The van der Waals surface area contributed by atoms with Crippen LogP contribution in [0.25, 0.3) is 11.0 Å². The third kappa shape index (κ3) is 2.77. The molecule has 1 aromatic heterocycles. The van der Waals surface area contributed by atoms with Gasteiger partial charge in [-0.15, -0.1) is 5.10 Å². The third-order valence-corrected chi connectivity index (χ3v) is 3.90. The lowest BCUT2D eigenvalue weighted by Gasteiger charge is -2.16. The van der Waals surface area contributed by atoms with Gasteiger partial charge in [-0.3, -0.25) is 4.79 Å². The van der Waals surface area contributed by atoms with Gasteiger partial charge in [0.15, 0.2) is 5.78 Å². The molecule has 1 unspecified atom stereocenters. The number of para-hydroxylation sites is 1. The summed E-state index contributed by atoms with van der Waals surface area (Å²) in [6.07, 6.45) is 1.13. The van der Waals surface area contributed by atoms with E-state index in [2.05, 4.69) is 35.4 Å². The van der Waals surface area contributed by atoms with Gasteiger partial charge in [0.25, 0.3) is 0 Å². The third-order valence-electron chi connectivity index (χ3n) is 3.90. The van der Waals surface area contributed by atoms with E-state index < -0.39 is 0 Å². The summed E-state index contributed by atoms with van der Waals surface area (Å²) < 4.78 is 1.77. The van der Waals surface area contributed by atoms with Crippen molar-refractivity contribution in [1.82, 2.24) is 15.0 Å². The van der Waals surface area contributed by atoms with Gasteiger partial charge < -0.3 is 0 Å². The summed E-state index contributed by atoms with van der Waals surface area (Å²) in [6.45, 7) is 3.95. The predicted molar refractivity (Wildman–Crippen MR) is 86.7 cm³/mol. The zero-order valence-electron chi connectivity index (χ0n) is 12.9.